The molecule has 0 aliphatic heterocycles. The molecule has 5 heteroatoms. The summed E-state index contributed by atoms with van der Waals surface area (Å²) in [6.07, 6.45) is 0. The van der Waals surface area contributed by atoms with E-state index in [1.165, 1.54) is 11.1 Å². The van der Waals surface area contributed by atoms with Gasteiger partial charge in [-0.05, 0) is 51.0 Å². The van der Waals surface area contributed by atoms with Crippen LogP contribution in [0.5, 0.6) is 0 Å². The highest BCUT2D eigenvalue weighted by atomic mass is 35.5. The zero-order valence-corrected chi connectivity index (χ0v) is 13.7. The Labute approximate surface area is 129 Å². The van der Waals surface area contributed by atoms with E-state index in [1.54, 1.807) is 0 Å². The minimum atomic E-state index is 0.364. The number of aromatic nitrogens is 2. The Bertz CT molecular complexity index is 689. The van der Waals surface area contributed by atoms with Crippen LogP contribution in [-0.2, 0) is 6.54 Å². The predicted molar refractivity (Wildman–Crippen MR) is 88.4 cm³/mol. The zero-order chi connectivity index (χ0) is 15.0. The second-order valence-electron chi connectivity index (χ2n) is 4.92. The van der Waals surface area contributed by atoms with Gasteiger partial charge in [0.15, 0.2) is 0 Å². The summed E-state index contributed by atoms with van der Waals surface area (Å²) in [6, 6.07) is 4.04. The van der Waals surface area contributed by atoms with Crippen molar-refractivity contribution in [2.75, 3.05) is 0 Å². The third-order valence-electron chi connectivity index (χ3n) is 3.56. The summed E-state index contributed by atoms with van der Waals surface area (Å²) < 4.78 is 1.83. The lowest BCUT2D eigenvalue weighted by Crippen LogP contribution is -2.17. The maximum absolute atomic E-state index is 6.38. The molecule has 0 spiro atoms. The van der Waals surface area contributed by atoms with Gasteiger partial charge in [-0.3, -0.25) is 4.68 Å². The average molecular weight is 308 g/mol. The van der Waals surface area contributed by atoms with E-state index in [9.17, 15) is 0 Å². The Balaban J connectivity index is 2.71. The summed E-state index contributed by atoms with van der Waals surface area (Å²) in [4.78, 5) is 0.364. The van der Waals surface area contributed by atoms with E-state index in [0.29, 0.717) is 10.0 Å². The van der Waals surface area contributed by atoms with Gasteiger partial charge in [0.05, 0.1) is 16.4 Å². The monoisotopic (exact) mass is 307 g/mol. The fourth-order valence-corrected chi connectivity index (χ4v) is 2.88. The van der Waals surface area contributed by atoms with Gasteiger partial charge in [0.2, 0.25) is 0 Å². The molecule has 20 heavy (non-hydrogen) atoms. The molecule has 1 heterocycles. The molecule has 0 aliphatic rings. The van der Waals surface area contributed by atoms with Gasteiger partial charge >= 0.3 is 0 Å². The van der Waals surface area contributed by atoms with Gasteiger partial charge in [0, 0.05) is 17.7 Å². The second-order valence-corrected chi connectivity index (χ2v) is 5.77. The van der Waals surface area contributed by atoms with Crippen LogP contribution in [0.1, 0.15) is 29.3 Å². The van der Waals surface area contributed by atoms with E-state index >= 15 is 0 Å². The lowest BCUT2D eigenvalue weighted by Gasteiger charge is -2.07. The minimum Gasteiger partial charge on any atom is -0.388 e. The van der Waals surface area contributed by atoms with Crippen LogP contribution in [0.25, 0.3) is 11.3 Å². The largest absolute Gasteiger partial charge is 0.388 e. The highest BCUT2D eigenvalue weighted by Gasteiger charge is 2.19. The fourth-order valence-electron chi connectivity index (χ4n) is 2.31. The normalized spacial score (nSPS) is 10.8. The van der Waals surface area contributed by atoms with E-state index in [4.69, 9.17) is 29.6 Å². The molecule has 0 saturated carbocycles. The standard InChI is InChI=1S/C15H18ClN3S/c1-5-19-14(15(17)20)10(4)13(18-19)11-6-8(2)9(3)7-12(11)16/h6-7H,5H2,1-4H3,(H2,17,20). The Kier molecular flexibility index (Phi) is 4.16. The maximum Gasteiger partial charge on any atom is 0.122 e. The van der Waals surface area contributed by atoms with E-state index in [2.05, 4.69) is 18.1 Å². The van der Waals surface area contributed by atoms with Crippen LogP contribution >= 0.6 is 23.8 Å². The van der Waals surface area contributed by atoms with Crippen molar-refractivity contribution in [2.45, 2.75) is 34.2 Å². The SMILES string of the molecule is CCn1nc(-c2cc(C)c(C)cc2Cl)c(C)c1C(N)=S. The van der Waals surface area contributed by atoms with Crippen molar-refractivity contribution in [1.82, 2.24) is 9.78 Å². The Morgan fingerprint density at radius 2 is 1.90 bits per heavy atom. The highest BCUT2D eigenvalue weighted by Crippen LogP contribution is 2.33. The van der Waals surface area contributed by atoms with Crippen molar-refractivity contribution in [3.63, 3.8) is 0 Å². The lowest BCUT2D eigenvalue weighted by atomic mass is 10.0. The molecule has 1 aromatic carbocycles. The van der Waals surface area contributed by atoms with E-state index < -0.39 is 0 Å². The minimum absolute atomic E-state index is 0.364. The molecule has 2 N–H and O–H groups in total. The molecule has 106 valence electrons. The van der Waals surface area contributed by atoms with E-state index in [0.717, 1.165) is 29.1 Å². The lowest BCUT2D eigenvalue weighted by molar-refractivity contribution is 0.656. The number of benzene rings is 1. The van der Waals surface area contributed by atoms with E-state index in [1.807, 2.05) is 31.5 Å². The number of hydrogen-bond acceptors (Lipinski definition) is 2. The molecule has 2 aromatic rings. The predicted octanol–water partition coefficient (Wildman–Crippen LogP) is 3.78. The smallest absolute Gasteiger partial charge is 0.122 e. The average Bonchev–Trinajstić information content (AvgIpc) is 2.71. The molecule has 0 unspecified atom stereocenters. The van der Waals surface area contributed by atoms with Crippen LogP contribution in [0.2, 0.25) is 5.02 Å². The second kappa shape index (κ2) is 5.54. The van der Waals surface area contributed by atoms with Gasteiger partial charge in [-0.25, -0.2) is 0 Å². The Morgan fingerprint density at radius 1 is 1.30 bits per heavy atom. The third kappa shape index (κ3) is 2.45. The summed E-state index contributed by atoms with van der Waals surface area (Å²) in [5.74, 6) is 0. The van der Waals surface area contributed by atoms with Crippen LogP contribution in [0.4, 0.5) is 0 Å². The quantitative estimate of drug-likeness (QED) is 0.878. The first kappa shape index (κ1) is 15.0. The zero-order valence-electron chi connectivity index (χ0n) is 12.1. The molecule has 0 atom stereocenters. The van der Waals surface area contributed by atoms with Gasteiger partial charge in [-0.2, -0.15) is 5.10 Å². The summed E-state index contributed by atoms with van der Waals surface area (Å²) >= 11 is 11.5. The molecule has 1 aromatic heterocycles. The Morgan fingerprint density at radius 3 is 2.40 bits per heavy atom. The fraction of sp³-hybridized carbons (Fsp3) is 0.333. The summed E-state index contributed by atoms with van der Waals surface area (Å²) in [5.41, 5.74) is 11.7. The number of hydrogen-bond donors (Lipinski definition) is 1. The number of rotatable bonds is 3. The van der Waals surface area contributed by atoms with Crippen LogP contribution in [0.3, 0.4) is 0 Å². The number of halogens is 1. The van der Waals surface area contributed by atoms with Gasteiger partial charge in [-0.1, -0.05) is 23.8 Å². The summed E-state index contributed by atoms with van der Waals surface area (Å²) in [6.45, 7) is 8.82. The van der Waals surface area contributed by atoms with Crippen LogP contribution in [0, 0.1) is 20.8 Å². The van der Waals surface area contributed by atoms with Crippen molar-refractivity contribution in [2.24, 2.45) is 5.73 Å². The van der Waals surface area contributed by atoms with Gasteiger partial charge in [-0.15, -0.1) is 0 Å². The molecule has 0 aliphatic carbocycles. The van der Waals surface area contributed by atoms with Crippen LogP contribution in [-0.4, -0.2) is 14.8 Å². The van der Waals surface area contributed by atoms with E-state index in [-0.39, 0.29) is 0 Å². The van der Waals surface area contributed by atoms with Crippen molar-refractivity contribution in [3.05, 3.63) is 39.5 Å². The first-order valence-corrected chi connectivity index (χ1v) is 7.29. The van der Waals surface area contributed by atoms with Crippen molar-refractivity contribution in [1.29, 1.82) is 0 Å². The van der Waals surface area contributed by atoms with Crippen molar-refractivity contribution in [3.8, 4) is 11.3 Å². The molecule has 0 fully saturated rings. The maximum atomic E-state index is 6.38. The van der Waals surface area contributed by atoms with Crippen LogP contribution < -0.4 is 5.73 Å². The molecule has 0 bridgehead atoms. The third-order valence-corrected chi connectivity index (χ3v) is 4.07. The summed E-state index contributed by atoms with van der Waals surface area (Å²) in [7, 11) is 0. The highest BCUT2D eigenvalue weighted by molar-refractivity contribution is 7.80. The Hall–Kier alpha value is -1.39. The topological polar surface area (TPSA) is 43.8 Å². The number of aryl methyl sites for hydroxylation is 3. The number of thiocarbonyl (C=S) groups is 1. The number of nitrogens with two attached hydrogens (primary N) is 1. The van der Waals surface area contributed by atoms with Crippen LogP contribution in [0.15, 0.2) is 12.1 Å². The van der Waals surface area contributed by atoms with Gasteiger partial charge in [0.1, 0.15) is 4.99 Å². The van der Waals surface area contributed by atoms with Crippen molar-refractivity contribution < 1.29 is 0 Å². The first-order chi connectivity index (χ1) is 9.36. The first-order valence-electron chi connectivity index (χ1n) is 6.51. The molecular weight excluding hydrogens is 290 g/mol. The summed E-state index contributed by atoms with van der Waals surface area (Å²) in [5, 5.41) is 5.32. The van der Waals surface area contributed by atoms with Crippen molar-refractivity contribution >= 4 is 28.8 Å². The molecule has 0 amide bonds. The molecule has 3 nitrogen and oxygen atoms in total. The molecule has 0 saturated heterocycles. The molecular formula is C15H18ClN3S. The van der Waals surface area contributed by atoms with Gasteiger partial charge in [0.25, 0.3) is 0 Å². The molecule has 0 radical (unpaired) electrons. The van der Waals surface area contributed by atoms with Gasteiger partial charge < -0.3 is 5.73 Å². The number of nitrogens with zero attached hydrogens (tertiary/aromatic N) is 2. The molecule has 2 rings (SSSR count).